The van der Waals surface area contributed by atoms with E-state index >= 15 is 0 Å². The first-order valence-electron chi connectivity index (χ1n) is 7.66. The second kappa shape index (κ2) is 6.32. The van der Waals surface area contributed by atoms with Gasteiger partial charge in [-0.3, -0.25) is 9.78 Å². The van der Waals surface area contributed by atoms with Crippen molar-refractivity contribution in [2.75, 3.05) is 20.6 Å². The molecule has 0 bridgehead atoms. The number of pyridine rings is 1. The van der Waals surface area contributed by atoms with Gasteiger partial charge in [-0.1, -0.05) is 0 Å². The Balaban J connectivity index is 1.84. The minimum atomic E-state index is 0.0911. The number of rotatable bonds is 4. The fraction of sp³-hybridized carbons (Fsp3) is 0.412. The molecule has 5 nitrogen and oxygen atoms in total. The van der Waals surface area contributed by atoms with Crippen molar-refractivity contribution in [2.45, 2.75) is 24.9 Å². The zero-order valence-corrected chi connectivity index (χ0v) is 13.1. The van der Waals surface area contributed by atoms with E-state index in [4.69, 9.17) is 0 Å². The lowest BCUT2D eigenvalue weighted by atomic mass is 10.00. The zero-order chi connectivity index (χ0) is 15.5. The van der Waals surface area contributed by atoms with Crippen molar-refractivity contribution < 1.29 is 4.79 Å². The summed E-state index contributed by atoms with van der Waals surface area (Å²) in [6, 6.07) is 8.34. The molecule has 5 heteroatoms. The lowest BCUT2D eigenvalue weighted by molar-refractivity contribution is 0.0699. The molecule has 0 unspecified atom stereocenters. The first-order valence-corrected chi connectivity index (χ1v) is 7.66. The summed E-state index contributed by atoms with van der Waals surface area (Å²) < 4.78 is 0. The highest BCUT2D eigenvalue weighted by Gasteiger charge is 2.38. The van der Waals surface area contributed by atoms with E-state index in [1.807, 2.05) is 41.6 Å². The number of H-pyrrole nitrogens is 1. The normalized spacial score (nSPS) is 21.5. The Labute approximate surface area is 131 Å². The van der Waals surface area contributed by atoms with Crippen LogP contribution in [0.25, 0.3) is 0 Å². The number of carbonyl (C=O) groups is 1. The van der Waals surface area contributed by atoms with Gasteiger partial charge in [0, 0.05) is 31.2 Å². The smallest absolute Gasteiger partial charge is 0.270 e. The molecule has 3 rings (SSSR count). The summed E-state index contributed by atoms with van der Waals surface area (Å²) >= 11 is 0. The molecule has 1 saturated heterocycles. The second-order valence-corrected chi connectivity index (χ2v) is 6.03. The summed E-state index contributed by atoms with van der Waals surface area (Å²) in [6.07, 6.45) is 7.29. The number of aromatic nitrogens is 2. The van der Waals surface area contributed by atoms with Crippen molar-refractivity contribution in [3.05, 3.63) is 54.1 Å². The predicted octanol–water partition coefficient (Wildman–Crippen LogP) is 1.80. The first kappa shape index (κ1) is 14.8. The molecule has 1 aliphatic heterocycles. The molecule has 1 aliphatic rings. The van der Waals surface area contributed by atoms with E-state index in [9.17, 15) is 4.79 Å². The minimum absolute atomic E-state index is 0.0911. The average Bonchev–Trinajstić information content (AvgIpc) is 3.17. The molecule has 0 spiro atoms. The van der Waals surface area contributed by atoms with Crippen LogP contribution in [0.4, 0.5) is 0 Å². The summed E-state index contributed by atoms with van der Waals surface area (Å²) in [4.78, 5) is 24.1. The number of likely N-dealkylation sites (tertiary alicyclic amines) is 1. The number of nitrogens with zero attached hydrogens (tertiary/aromatic N) is 3. The SMILES string of the molecule is CN(C)[C@@H]1CCN(C(=O)c2ccc[nH]2)[C@H]1Cc1ccncc1. The molecule has 0 saturated carbocycles. The number of aromatic amines is 1. The maximum absolute atomic E-state index is 12.7. The Hall–Kier alpha value is -2.14. The Bertz CT molecular complexity index is 609. The van der Waals surface area contributed by atoms with Crippen molar-refractivity contribution in [3.63, 3.8) is 0 Å². The van der Waals surface area contributed by atoms with E-state index in [1.54, 1.807) is 6.20 Å². The van der Waals surface area contributed by atoms with Gasteiger partial charge in [-0.05, 0) is 56.8 Å². The summed E-state index contributed by atoms with van der Waals surface area (Å²) in [5, 5.41) is 0. The van der Waals surface area contributed by atoms with E-state index in [1.165, 1.54) is 5.56 Å². The van der Waals surface area contributed by atoms with Gasteiger partial charge in [0.25, 0.3) is 5.91 Å². The number of hydrogen-bond donors (Lipinski definition) is 1. The summed E-state index contributed by atoms with van der Waals surface area (Å²) in [7, 11) is 4.18. The van der Waals surface area contributed by atoms with Crippen LogP contribution in [0.15, 0.2) is 42.9 Å². The standard InChI is InChI=1S/C17H22N4O/c1-20(2)15-7-11-21(17(22)14-4-3-8-19-14)16(15)12-13-5-9-18-10-6-13/h3-6,8-10,15-16,19H,7,11-12H2,1-2H3/t15-,16+/m1/s1. The van der Waals surface area contributed by atoms with Gasteiger partial charge in [-0.25, -0.2) is 0 Å². The number of hydrogen-bond acceptors (Lipinski definition) is 3. The highest BCUT2D eigenvalue weighted by atomic mass is 16.2. The maximum atomic E-state index is 12.7. The number of nitrogens with one attached hydrogen (secondary N) is 1. The van der Waals surface area contributed by atoms with Crippen LogP contribution in [0, 0.1) is 0 Å². The van der Waals surface area contributed by atoms with Crippen LogP contribution in [-0.4, -0.2) is 58.4 Å². The van der Waals surface area contributed by atoms with Crippen molar-refractivity contribution in [2.24, 2.45) is 0 Å². The molecule has 1 fully saturated rings. The largest absolute Gasteiger partial charge is 0.357 e. The topological polar surface area (TPSA) is 52.2 Å². The monoisotopic (exact) mass is 298 g/mol. The Kier molecular flexibility index (Phi) is 4.24. The Morgan fingerprint density at radius 1 is 1.36 bits per heavy atom. The molecule has 1 amide bonds. The molecule has 2 atom stereocenters. The number of carbonyl (C=O) groups excluding carboxylic acids is 1. The maximum Gasteiger partial charge on any atom is 0.270 e. The second-order valence-electron chi connectivity index (χ2n) is 6.03. The van der Waals surface area contributed by atoms with Crippen LogP contribution >= 0.6 is 0 Å². The van der Waals surface area contributed by atoms with Gasteiger partial charge in [0.05, 0.1) is 6.04 Å². The third-order valence-electron chi connectivity index (χ3n) is 4.46. The highest BCUT2D eigenvalue weighted by molar-refractivity contribution is 5.92. The Morgan fingerprint density at radius 2 is 2.14 bits per heavy atom. The summed E-state index contributed by atoms with van der Waals surface area (Å²) in [5.41, 5.74) is 1.89. The van der Waals surface area contributed by atoms with Gasteiger partial charge in [0.15, 0.2) is 0 Å². The lowest BCUT2D eigenvalue weighted by Crippen LogP contribution is -2.45. The van der Waals surface area contributed by atoms with Gasteiger partial charge >= 0.3 is 0 Å². The van der Waals surface area contributed by atoms with Gasteiger partial charge in [0.2, 0.25) is 0 Å². The van der Waals surface area contributed by atoms with Crippen molar-refractivity contribution in [1.82, 2.24) is 19.8 Å². The summed E-state index contributed by atoms with van der Waals surface area (Å²) in [6.45, 7) is 0.802. The molecule has 22 heavy (non-hydrogen) atoms. The van der Waals surface area contributed by atoms with E-state index in [2.05, 4.69) is 29.0 Å². The van der Waals surface area contributed by atoms with Crippen molar-refractivity contribution in [3.8, 4) is 0 Å². The fourth-order valence-corrected chi connectivity index (χ4v) is 3.32. The number of likely N-dealkylation sites (N-methyl/N-ethyl adjacent to an activating group) is 1. The molecule has 2 aromatic rings. The molecule has 1 N–H and O–H groups in total. The lowest BCUT2D eigenvalue weighted by Gasteiger charge is -2.31. The first-order chi connectivity index (χ1) is 10.7. The van der Waals surface area contributed by atoms with E-state index in [0.717, 1.165) is 19.4 Å². The zero-order valence-electron chi connectivity index (χ0n) is 13.1. The van der Waals surface area contributed by atoms with Crippen LogP contribution in [-0.2, 0) is 6.42 Å². The van der Waals surface area contributed by atoms with E-state index in [0.29, 0.717) is 11.7 Å². The summed E-state index contributed by atoms with van der Waals surface area (Å²) in [5.74, 6) is 0.0911. The quantitative estimate of drug-likeness (QED) is 0.936. The molecule has 0 radical (unpaired) electrons. The van der Waals surface area contributed by atoms with E-state index < -0.39 is 0 Å². The average molecular weight is 298 g/mol. The highest BCUT2D eigenvalue weighted by Crippen LogP contribution is 2.26. The molecule has 116 valence electrons. The molecule has 0 aromatic carbocycles. The van der Waals surface area contributed by atoms with E-state index in [-0.39, 0.29) is 11.9 Å². The van der Waals surface area contributed by atoms with Crippen molar-refractivity contribution >= 4 is 5.91 Å². The van der Waals surface area contributed by atoms with Crippen LogP contribution in [0.5, 0.6) is 0 Å². The van der Waals surface area contributed by atoms with Gasteiger partial charge in [-0.2, -0.15) is 0 Å². The minimum Gasteiger partial charge on any atom is -0.357 e. The third-order valence-corrected chi connectivity index (χ3v) is 4.46. The molecule has 2 aromatic heterocycles. The molecular formula is C17H22N4O. The molecule has 3 heterocycles. The predicted molar refractivity (Wildman–Crippen MR) is 85.7 cm³/mol. The van der Waals surface area contributed by atoms with Crippen LogP contribution in [0.2, 0.25) is 0 Å². The molecule has 0 aliphatic carbocycles. The van der Waals surface area contributed by atoms with Gasteiger partial charge < -0.3 is 14.8 Å². The molecular weight excluding hydrogens is 276 g/mol. The van der Waals surface area contributed by atoms with Crippen molar-refractivity contribution in [1.29, 1.82) is 0 Å². The Morgan fingerprint density at radius 3 is 2.77 bits per heavy atom. The number of amides is 1. The van der Waals surface area contributed by atoms with Crippen LogP contribution in [0.3, 0.4) is 0 Å². The third kappa shape index (κ3) is 2.90. The van der Waals surface area contributed by atoms with Gasteiger partial charge in [0.1, 0.15) is 5.69 Å². The van der Waals surface area contributed by atoms with Crippen LogP contribution < -0.4 is 0 Å². The van der Waals surface area contributed by atoms with Gasteiger partial charge in [-0.15, -0.1) is 0 Å². The fourth-order valence-electron chi connectivity index (χ4n) is 3.32. The van der Waals surface area contributed by atoms with Crippen LogP contribution in [0.1, 0.15) is 22.5 Å².